The fourth-order valence-electron chi connectivity index (χ4n) is 1.71. The van der Waals surface area contributed by atoms with Crippen LogP contribution in [0.4, 0.5) is 0 Å². The van der Waals surface area contributed by atoms with Gasteiger partial charge in [0.25, 0.3) is 0 Å². The van der Waals surface area contributed by atoms with Gasteiger partial charge in [0.2, 0.25) is 0 Å². The molecule has 2 heteroatoms. The molecule has 84 valence electrons. The number of rotatable bonds is 6. The lowest BCUT2D eigenvalue weighted by atomic mass is 9.90. The predicted molar refractivity (Wildman–Crippen MR) is 61.7 cm³/mol. The Morgan fingerprint density at radius 2 is 1.87 bits per heavy atom. The summed E-state index contributed by atoms with van der Waals surface area (Å²) < 4.78 is 0. The molecule has 0 aliphatic heterocycles. The summed E-state index contributed by atoms with van der Waals surface area (Å²) >= 11 is 0. The Bertz CT molecular complexity index is 271. The first-order valence-electron chi connectivity index (χ1n) is 5.57. The minimum absolute atomic E-state index is 0.165. The van der Waals surface area contributed by atoms with E-state index < -0.39 is 5.60 Å². The predicted octanol–water partition coefficient (Wildman–Crippen LogP) is 2.14. The van der Waals surface area contributed by atoms with E-state index in [2.05, 4.69) is 6.92 Å². The molecule has 0 fully saturated rings. The maximum absolute atomic E-state index is 10.2. The van der Waals surface area contributed by atoms with E-state index in [9.17, 15) is 10.2 Å². The molecule has 0 heterocycles. The van der Waals surface area contributed by atoms with Gasteiger partial charge < -0.3 is 10.2 Å². The van der Waals surface area contributed by atoms with Gasteiger partial charge in [-0.2, -0.15) is 0 Å². The van der Waals surface area contributed by atoms with Gasteiger partial charge in [0.1, 0.15) is 0 Å². The van der Waals surface area contributed by atoms with Crippen LogP contribution in [0.15, 0.2) is 30.3 Å². The summed E-state index contributed by atoms with van der Waals surface area (Å²) in [6.45, 7) is 1.92. The van der Waals surface area contributed by atoms with E-state index in [0.717, 1.165) is 18.4 Å². The topological polar surface area (TPSA) is 40.5 Å². The molecule has 0 aliphatic carbocycles. The van der Waals surface area contributed by atoms with E-state index in [1.54, 1.807) is 0 Å². The first kappa shape index (κ1) is 12.2. The molecule has 0 aromatic heterocycles. The van der Waals surface area contributed by atoms with E-state index in [4.69, 9.17) is 0 Å². The number of unbranched alkanes of at least 4 members (excludes halogenated alkanes) is 1. The zero-order chi connectivity index (χ0) is 11.1. The summed E-state index contributed by atoms with van der Waals surface area (Å²) in [5.41, 5.74) is 0.127. The third-order valence-electron chi connectivity index (χ3n) is 2.67. The van der Waals surface area contributed by atoms with Crippen LogP contribution in [0.2, 0.25) is 0 Å². The molecule has 1 rings (SSSR count). The lowest BCUT2D eigenvalue weighted by Gasteiger charge is -2.25. The molecule has 0 saturated heterocycles. The van der Waals surface area contributed by atoms with Crippen LogP contribution in [0.25, 0.3) is 0 Å². The van der Waals surface area contributed by atoms with E-state index in [1.807, 2.05) is 30.3 Å². The molecule has 2 N–H and O–H groups in total. The molecule has 0 amide bonds. The van der Waals surface area contributed by atoms with Crippen molar-refractivity contribution in [3.63, 3.8) is 0 Å². The second-order valence-corrected chi connectivity index (χ2v) is 4.15. The highest BCUT2D eigenvalue weighted by atomic mass is 16.3. The van der Waals surface area contributed by atoms with Crippen molar-refractivity contribution in [3.8, 4) is 0 Å². The molecule has 1 aromatic rings. The van der Waals surface area contributed by atoms with Gasteiger partial charge in [-0.1, -0.05) is 50.1 Å². The van der Waals surface area contributed by atoms with Crippen molar-refractivity contribution in [3.05, 3.63) is 35.9 Å². The Morgan fingerprint density at radius 1 is 1.20 bits per heavy atom. The minimum atomic E-state index is -0.947. The van der Waals surface area contributed by atoms with Gasteiger partial charge in [0, 0.05) is 6.42 Å². The Balaban J connectivity index is 2.59. The number of benzene rings is 1. The van der Waals surface area contributed by atoms with Crippen molar-refractivity contribution in [1.29, 1.82) is 0 Å². The highest BCUT2D eigenvalue weighted by molar-refractivity contribution is 5.17. The van der Waals surface area contributed by atoms with Gasteiger partial charge in [-0.15, -0.1) is 0 Å². The van der Waals surface area contributed by atoms with Crippen LogP contribution < -0.4 is 0 Å². The molecule has 1 aromatic carbocycles. The maximum atomic E-state index is 10.2. The van der Waals surface area contributed by atoms with Crippen molar-refractivity contribution in [2.24, 2.45) is 0 Å². The van der Waals surface area contributed by atoms with Crippen LogP contribution in [-0.2, 0) is 6.42 Å². The van der Waals surface area contributed by atoms with E-state index in [-0.39, 0.29) is 6.61 Å². The molecular weight excluding hydrogens is 188 g/mol. The van der Waals surface area contributed by atoms with Crippen molar-refractivity contribution in [1.82, 2.24) is 0 Å². The quantitative estimate of drug-likeness (QED) is 0.752. The maximum Gasteiger partial charge on any atom is 0.0917 e. The van der Waals surface area contributed by atoms with Crippen LogP contribution in [0.1, 0.15) is 31.7 Å². The average molecular weight is 208 g/mol. The van der Waals surface area contributed by atoms with E-state index in [1.165, 1.54) is 0 Å². The number of hydrogen-bond acceptors (Lipinski definition) is 2. The van der Waals surface area contributed by atoms with Crippen molar-refractivity contribution < 1.29 is 10.2 Å². The Morgan fingerprint density at radius 3 is 2.40 bits per heavy atom. The van der Waals surface area contributed by atoms with Crippen molar-refractivity contribution in [2.75, 3.05) is 6.61 Å². The average Bonchev–Trinajstić information content (AvgIpc) is 2.28. The SMILES string of the molecule is CCCCC(O)(CO)Cc1ccccc1. The molecule has 2 nitrogen and oxygen atoms in total. The molecule has 0 bridgehead atoms. The third kappa shape index (κ3) is 4.02. The van der Waals surface area contributed by atoms with E-state index >= 15 is 0 Å². The number of aliphatic hydroxyl groups excluding tert-OH is 1. The lowest BCUT2D eigenvalue weighted by Crippen LogP contribution is -2.35. The van der Waals surface area contributed by atoms with Crippen LogP contribution in [0, 0.1) is 0 Å². The molecule has 0 spiro atoms. The van der Waals surface area contributed by atoms with Crippen LogP contribution in [0.5, 0.6) is 0 Å². The fraction of sp³-hybridized carbons (Fsp3) is 0.538. The van der Waals surface area contributed by atoms with Crippen molar-refractivity contribution in [2.45, 2.75) is 38.2 Å². The first-order valence-corrected chi connectivity index (χ1v) is 5.57. The molecule has 1 atom stereocenters. The lowest BCUT2D eigenvalue weighted by molar-refractivity contribution is -0.0223. The summed E-state index contributed by atoms with van der Waals surface area (Å²) in [6.07, 6.45) is 3.18. The first-order chi connectivity index (χ1) is 7.20. The van der Waals surface area contributed by atoms with Crippen LogP contribution >= 0.6 is 0 Å². The summed E-state index contributed by atoms with van der Waals surface area (Å²) in [5.74, 6) is 0. The van der Waals surface area contributed by atoms with Gasteiger partial charge in [-0.05, 0) is 12.0 Å². The fourth-order valence-corrected chi connectivity index (χ4v) is 1.71. The van der Waals surface area contributed by atoms with Gasteiger partial charge in [-0.25, -0.2) is 0 Å². The summed E-state index contributed by atoms with van der Waals surface area (Å²) in [5, 5.41) is 19.4. The summed E-state index contributed by atoms with van der Waals surface area (Å²) in [7, 11) is 0. The molecule has 0 aliphatic rings. The molecule has 0 saturated carbocycles. The zero-order valence-electron chi connectivity index (χ0n) is 9.32. The van der Waals surface area contributed by atoms with Gasteiger partial charge >= 0.3 is 0 Å². The monoisotopic (exact) mass is 208 g/mol. The van der Waals surface area contributed by atoms with E-state index in [0.29, 0.717) is 12.8 Å². The second kappa shape index (κ2) is 5.89. The highest BCUT2D eigenvalue weighted by Crippen LogP contribution is 2.19. The molecule has 0 radical (unpaired) electrons. The van der Waals surface area contributed by atoms with Gasteiger partial charge in [-0.3, -0.25) is 0 Å². The third-order valence-corrected chi connectivity index (χ3v) is 2.67. The largest absolute Gasteiger partial charge is 0.393 e. The van der Waals surface area contributed by atoms with Crippen LogP contribution in [-0.4, -0.2) is 22.4 Å². The Labute approximate surface area is 91.6 Å². The zero-order valence-corrected chi connectivity index (χ0v) is 9.32. The molecular formula is C13H20O2. The Hall–Kier alpha value is -0.860. The standard InChI is InChI=1S/C13H20O2/c1-2-3-9-13(15,11-14)10-12-7-5-4-6-8-12/h4-8,14-15H,2-3,9-11H2,1H3. The highest BCUT2D eigenvalue weighted by Gasteiger charge is 2.25. The van der Waals surface area contributed by atoms with Crippen LogP contribution in [0.3, 0.4) is 0 Å². The van der Waals surface area contributed by atoms with Gasteiger partial charge in [0.15, 0.2) is 0 Å². The summed E-state index contributed by atoms with van der Waals surface area (Å²) in [6, 6.07) is 9.81. The van der Waals surface area contributed by atoms with Crippen molar-refractivity contribution >= 4 is 0 Å². The minimum Gasteiger partial charge on any atom is -0.393 e. The smallest absolute Gasteiger partial charge is 0.0917 e. The molecule has 1 unspecified atom stereocenters. The van der Waals surface area contributed by atoms with Gasteiger partial charge in [0.05, 0.1) is 12.2 Å². The molecule has 15 heavy (non-hydrogen) atoms. The summed E-state index contributed by atoms with van der Waals surface area (Å²) in [4.78, 5) is 0. The Kier molecular flexibility index (Phi) is 4.79. The normalized spacial score (nSPS) is 14.9. The number of aliphatic hydroxyl groups is 2. The number of hydrogen-bond donors (Lipinski definition) is 2. The second-order valence-electron chi connectivity index (χ2n) is 4.15.